The third kappa shape index (κ3) is 4.02. The van der Waals surface area contributed by atoms with E-state index in [0.29, 0.717) is 11.4 Å². The molecule has 1 saturated heterocycles. The van der Waals surface area contributed by atoms with E-state index in [0.717, 1.165) is 11.1 Å². The molecule has 0 saturated carbocycles. The number of pyridine rings is 1. The minimum absolute atomic E-state index is 0.0229. The Balaban J connectivity index is 2.03. The van der Waals surface area contributed by atoms with E-state index in [1.165, 1.54) is 30.7 Å². The molecule has 1 fully saturated rings. The lowest BCUT2D eigenvalue weighted by molar-refractivity contribution is -0.125. The second kappa shape index (κ2) is 8.50. The van der Waals surface area contributed by atoms with Crippen molar-refractivity contribution in [1.29, 1.82) is 0 Å². The van der Waals surface area contributed by atoms with E-state index in [9.17, 15) is 13.2 Å². The second-order valence-corrected chi connectivity index (χ2v) is 9.72. The van der Waals surface area contributed by atoms with E-state index in [1.54, 1.807) is 0 Å². The molecule has 1 amide bonds. The standard InChI is InChI=1S/C20H25ClN4O4S/c1-13(2)14-7-5-6-8-15(14)20(11-25(12-20)30(27,28)22-3)19(26)24-16-10-23-18(21)9-17(16)29-4/h5-10,13,22H,11-12H2,1-4H3,(H,24,26). The summed E-state index contributed by atoms with van der Waals surface area (Å²) in [5.74, 6) is 0.197. The van der Waals surface area contributed by atoms with Gasteiger partial charge in [-0.05, 0) is 17.0 Å². The summed E-state index contributed by atoms with van der Waals surface area (Å²) in [6.45, 7) is 4.12. The van der Waals surface area contributed by atoms with Crippen LogP contribution < -0.4 is 14.8 Å². The number of rotatable bonds is 7. The van der Waals surface area contributed by atoms with Gasteiger partial charge in [-0.25, -0.2) is 9.71 Å². The molecule has 162 valence electrons. The molecule has 1 aromatic heterocycles. The number of amides is 1. The zero-order chi connectivity index (χ0) is 22.1. The predicted octanol–water partition coefficient (Wildman–Crippen LogP) is 2.52. The summed E-state index contributed by atoms with van der Waals surface area (Å²) in [7, 11) is -0.833. The van der Waals surface area contributed by atoms with Gasteiger partial charge in [0.2, 0.25) is 5.91 Å². The molecule has 0 spiro atoms. The average molecular weight is 453 g/mol. The Kier molecular flexibility index (Phi) is 6.37. The zero-order valence-electron chi connectivity index (χ0n) is 17.3. The molecular formula is C20H25ClN4O4S. The Morgan fingerprint density at radius 3 is 2.57 bits per heavy atom. The van der Waals surface area contributed by atoms with E-state index in [4.69, 9.17) is 16.3 Å². The van der Waals surface area contributed by atoms with Crippen molar-refractivity contribution in [2.75, 3.05) is 32.6 Å². The SMILES string of the molecule is CNS(=O)(=O)N1CC(C(=O)Nc2cnc(Cl)cc2OC)(c2ccccc2C(C)C)C1. The molecule has 0 atom stereocenters. The topological polar surface area (TPSA) is 101 Å². The maximum atomic E-state index is 13.5. The molecule has 3 rings (SSSR count). The number of anilines is 1. The third-order valence-electron chi connectivity index (χ3n) is 5.32. The predicted molar refractivity (Wildman–Crippen MR) is 116 cm³/mol. The molecule has 30 heavy (non-hydrogen) atoms. The van der Waals surface area contributed by atoms with E-state index in [2.05, 4.69) is 15.0 Å². The van der Waals surface area contributed by atoms with Crippen LogP contribution in [0.5, 0.6) is 5.75 Å². The number of nitrogens with zero attached hydrogens (tertiary/aromatic N) is 2. The number of methoxy groups -OCH3 is 1. The van der Waals surface area contributed by atoms with Crippen molar-refractivity contribution in [1.82, 2.24) is 14.0 Å². The highest BCUT2D eigenvalue weighted by atomic mass is 35.5. The highest BCUT2D eigenvalue weighted by Crippen LogP contribution is 2.41. The van der Waals surface area contributed by atoms with Crippen LogP contribution in [-0.2, 0) is 20.4 Å². The van der Waals surface area contributed by atoms with Crippen LogP contribution in [0.3, 0.4) is 0 Å². The Bertz CT molecular complexity index is 1050. The van der Waals surface area contributed by atoms with E-state index in [1.807, 2.05) is 38.1 Å². The van der Waals surface area contributed by atoms with Crippen molar-refractivity contribution >= 4 is 33.4 Å². The molecule has 8 nitrogen and oxygen atoms in total. The van der Waals surface area contributed by atoms with Gasteiger partial charge in [0.1, 0.15) is 22.0 Å². The average Bonchev–Trinajstić information content (AvgIpc) is 2.68. The number of aromatic nitrogens is 1. The molecule has 1 aromatic carbocycles. The van der Waals surface area contributed by atoms with Crippen LogP contribution in [-0.4, -0.2) is 50.9 Å². The summed E-state index contributed by atoms with van der Waals surface area (Å²) in [4.78, 5) is 17.5. The molecular weight excluding hydrogens is 428 g/mol. The number of ether oxygens (including phenoxy) is 1. The van der Waals surface area contributed by atoms with Crippen molar-refractivity contribution in [2.45, 2.75) is 25.2 Å². The summed E-state index contributed by atoms with van der Waals surface area (Å²) in [5.41, 5.74) is 1.12. The lowest BCUT2D eigenvalue weighted by Crippen LogP contribution is -2.67. The Morgan fingerprint density at radius 1 is 1.30 bits per heavy atom. The summed E-state index contributed by atoms with van der Waals surface area (Å²) in [6.07, 6.45) is 1.42. The maximum Gasteiger partial charge on any atom is 0.279 e. The molecule has 0 radical (unpaired) electrons. The van der Waals surface area contributed by atoms with Gasteiger partial charge in [-0.1, -0.05) is 49.7 Å². The molecule has 2 aromatic rings. The van der Waals surface area contributed by atoms with Gasteiger partial charge < -0.3 is 10.1 Å². The smallest absolute Gasteiger partial charge is 0.279 e. The largest absolute Gasteiger partial charge is 0.494 e. The fraction of sp³-hybridized carbons (Fsp3) is 0.400. The molecule has 2 heterocycles. The lowest BCUT2D eigenvalue weighted by Gasteiger charge is -2.48. The Hall–Kier alpha value is -2.20. The fourth-order valence-electron chi connectivity index (χ4n) is 3.65. The van der Waals surface area contributed by atoms with Crippen LogP contribution in [0.2, 0.25) is 5.15 Å². The molecule has 1 aliphatic rings. The molecule has 0 bridgehead atoms. The highest BCUT2D eigenvalue weighted by Gasteiger charge is 2.55. The van der Waals surface area contributed by atoms with Gasteiger partial charge in [0.05, 0.1) is 13.3 Å². The van der Waals surface area contributed by atoms with Crippen LogP contribution >= 0.6 is 11.6 Å². The monoisotopic (exact) mass is 452 g/mol. The third-order valence-corrected chi connectivity index (χ3v) is 6.98. The number of carbonyl (C=O) groups is 1. The fourth-order valence-corrected chi connectivity index (χ4v) is 4.83. The van der Waals surface area contributed by atoms with E-state index in [-0.39, 0.29) is 30.1 Å². The van der Waals surface area contributed by atoms with Gasteiger partial charge in [-0.3, -0.25) is 4.79 Å². The number of hydrogen-bond acceptors (Lipinski definition) is 5. The Labute approximate surface area is 181 Å². The van der Waals surface area contributed by atoms with Crippen molar-refractivity contribution in [2.24, 2.45) is 0 Å². The number of benzene rings is 1. The maximum absolute atomic E-state index is 13.5. The van der Waals surface area contributed by atoms with E-state index < -0.39 is 15.6 Å². The molecule has 10 heteroatoms. The number of nitrogens with one attached hydrogen (secondary N) is 2. The van der Waals surface area contributed by atoms with Crippen LogP contribution in [0.1, 0.15) is 30.9 Å². The summed E-state index contributed by atoms with van der Waals surface area (Å²) in [6, 6.07) is 9.13. The quantitative estimate of drug-likeness (QED) is 0.628. The summed E-state index contributed by atoms with van der Waals surface area (Å²) >= 11 is 5.91. The van der Waals surface area contributed by atoms with Crippen LogP contribution in [0.15, 0.2) is 36.5 Å². The minimum Gasteiger partial charge on any atom is -0.494 e. The lowest BCUT2D eigenvalue weighted by atomic mass is 9.71. The zero-order valence-corrected chi connectivity index (χ0v) is 18.8. The molecule has 2 N–H and O–H groups in total. The molecule has 1 aliphatic heterocycles. The Morgan fingerprint density at radius 2 is 1.97 bits per heavy atom. The first-order chi connectivity index (χ1) is 14.1. The highest BCUT2D eigenvalue weighted by molar-refractivity contribution is 7.87. The first-order valence-corrected chi connectivity index (χ1v) is 11.3. The van der Waals surface area contributed by atoms with Crippen molar-refractivity contribution in [3.05, 3.63) is 52.8 Å². The van der Waals surface area contributed by atoms with Crippen LogP contribution in [0, 0.1) is 0 Å². The van der Waals surface area contributed by atoms with E-state index >= 15 is 0 Å². The summed E-state index contributed by atoms with van der Waals surface area (Å²) in [5, 5.41) is 3.09. The first-order valence-electron chi connectivity index (χ1n) is 9.43. The number of carbonyl (C=O) groups excluding carboxylic acids is 1. The van der Waals surface area contributed by atoms with Crippen molar-refractivity contribution in [3.63, 3.8) is 0 Å². The van der Waals surface area contributed by atoms with Gasteiger partial charge in [-0.15, -0.1) is 0 Å². The van der Waals surface area contributed by atoms with Crippen molar-refractivity contribution < 1.29 is 17.9 Å². The molecule has 0 unspecified atom stereocenters. The van der Waals surface area contributed by atoms with Gasteiger partial charge in [-0.2, -0.15) is 12.7 Å². The van der Waals surface area contributed by atoms with Gasteiger partial charge in [0.15, 0.2) is 0 Å². The number of hydrogen-bond donors (Lipinski definition) is 2. The normalized spacial score (nSPS) is 16.2. The van der Waals surface area contributed by atoms with Gasteiger partial charge in [0.25, 0.3) is 10.2 Å². The van der Waals surface area contributed by atoms with Crippen molar-refractivity contribution in [3.8, 4) is 5.75 Å². The number of halogens is 1. The van der Waals surface area contributed by atoms with Gasteiger partial charge >= 0.3 is 0 Å². The van der Waals surface area contributed by atoms with Gasteiger partial charge in [0, 0.05) is 26.2 Å². The first kappa shape index (κ1) is 22.5. The minimum atomic E-state index is -3.65. The molecule has 0 aliphatic carbocycles. The summed E-state index contributed by atoms with van der Waals surface area (Å²) < 4.78 is 33.4. The van der Waals surface area contributed by atoms with Crippen LogP contribution in [0.4, 0.5) is 5.69 Å². The van der Waals surface area contributed by atoms with Crippen LogP contribution in [0.25, 0.3) is 0 Å². The second-order valence-electron chi connectivity index (χ2n) is 7.46.